The Morgan fingerprint density at radius 3 is 2.80 bits per heavy atom. The Kier molecular flexibility index (Phi) is 4.20. The zero-order valence-electron chi connectivity index (χ0n) is 11.3. The van der Waals surface area contributed by atoms with Crippen molar-refractivity contribution >= 4 is 11.6 Å². The molecule has 0 saturated carbocycles. The number of nitrogens with one attached hydrogen (secondary N) is 1. The fraction of sp³-hybridized carbons (Fsp3) is 0.500. The number of nitrogens with zero attached hydrogens (tertiary/aromatic N) is 1. The molecular formula is C14H17F3N2O. The van der Waals surface area contributed by atoms with Gasteiger partial charge in [-0.1, -0.05) is 6.92 Å². The molecule has 0 bridgehead atoms. The Bertz CT molecular complexity index is 500. The number of amides is 1. The second-order valence-electron chi connectivity index (χ2n) is 4.89. The summed E-state index contributed by atoms with van der Waals surface area (Å²) in [6.07, 6.45) is -3.08. The van der Waals surface area contributed by atoms with Crippen LogP contribution in [0.5, 0.6) is 0 Å². The van der Waals surface area contributed by atoms with Crippen LogP contribution < -0.4 is 5.32 Å². The first kappa shape index (κ1) is 14.7. The second kappa shape index (κ2) is 5.73. The van der Waals surface area contributed by atoms with Crippen LogP contribution in [0, 0.1) is 0 Å². The van der Waals surface area contributed by atoms with Crippen LogP contribution in [0.3, 0.4) is 0 Å². The third kappa shape index (κ3) is 3.43. The minimum Gasteiger partial charge on any atom is -0.384 e. The van der Waals surface area contributed by atoms with Gasteiger partial charge in [-0.05, 0) is 36.6 Å². The van der Waals surface area contributed by atoms with Crippen molar-refractivity contribution in [3.63, 3.8) is 0 Å². The largest absolute Gasteiger partial charge is 0.406 e. The number of rotatable bonds is 4. The number of hydrogen-bond acceptors (Lipinski definition) is 2. The average Bonchev–Trinajstić information content (AvgIpc) is 2.83. The van der Waals surface area contributed by atoms with Gasteiger partial charge in [-0.15, -0.1) is 0 Å². The van der Waals surface area contributed by atoms with Crippen LogP contribution in [0.15, 0.2) is 18.2 Å². The predicted octanol–water partition coefficient (Wildman–Crippen LogP) is 3.07. The molecule has 2 rings (SSSR count). The molecule has 1 aliphatic heterocycles. The lowest BCUT2D eigenvalue weighted by molar-refractivity contribution is -0.140. The molecule has 1 aromatic rings. The fourth-order valence-electron chi connectivity index (χ4n) is 2.36. The smallest absolute Gasteiger partial charge is 0.384 e. The van der Waals surface area contributed by atoms with Gasteiger partial charge in [0.15, 0.2) is 0 Å². The van der Waals surface area contributed by atoms with Crippen LogP contribution in [0.2, 0.25) is 0 Å². The van der Waals surface area contributed by atoms with Crippen molar-refractivity contribution in [2.24, 2.45) is 0 Å². The first-order valence-corrected chi connectivity index (χ1v) is 6.63. The van der Waals surface area contributed by atoms with E-state index in [9.17, 15) is 18.0 Å². The van der Waals surface area contributed by atoms with Crippen molar-refractivity contribution in [2.75, 3.05) is 25.0 Å². The van der Waals surface area contributed by atoms with Gasteiger partial charge in [-0.3, -0.25) is 4.79 Å². The molecule has 1 aromatic carbocycles. The highest BCUT2D eigenvalue weighted by molar-refractivity contribution is 5.95. The Morgan fingerprint density at radius 1 is 1.40 bits per heavy atom. The van der Waals surface area contributed by atoms with Crippen LogP contribution in [-0.4, -0.2) is 36.6 Å². The predicted molar refractivity (Wildman–Crippen MR) is 70.9 cm³/mol. The van der Waals surface area contributed by atoms with E-state index in [1.54, 1.807) is 25.1 Å². The Labute approximate surface area is 115 Å². The standard InChI is InChI=1S/C14H17F3N2O/c1-2-7-19(9-14(15,16)17)13(20)11-3-4-12-10(8-11)5-6-18-12/h3-4,8,18H,2,5-7,9H2,1H3. The van der Waals surface area contributed by atoms with E-state index in [0.717, 1.165) is 29.1 Å². The van der Waals surface area contributed by atoms with E-state index in [-0.39, 0.29) is 6.54 Å². The van der Waals surface area contributed by atoms with Gasteiger partial charge < -0.3 is 10.2 Å². The fourth-order valence-corrected chi connectivity index (χ4v) is 2.36. The molecule has 0 saturated heterocycles. The lowest BCUT2D eigenvalue weighted by Gasteiger charge is -2.23. The molecule has 6 heteroatoms. The summed E-state index contributed by atoms with van der Waals surface area (Å²) in [7, 11) is 0. The van der Waals surface area contributed by atoms with Crippen LogP contribution in [-0.2, 0) is 6.42 Å². The van der Waals surface area contributed by atoms with Crippen LogP contribution in [0.4, 0.5) is 18.9 Å². The topological polar surface area (TPSA) is 32.3 Å². The van der Waals surface area contributed by atoms with Crippen molar-refractivity contribution in [2.45, 2.75) is 25.9 Å². The summed E-state index contributed by atoms with van der Waals surface area (Å²) in [6, 6.07) is 5.03. The van der Waals surface area contributed by atoms with Gasteiger partial charge in [0.05, 0.1) is 0 Å². The van der Waals surface area contributed by atoms with E-state index in [1.807, 2.05) is 0 Å². The minimum absolute atomic E-state index is 0.105. The summed E-state index contributed by atoms with van der Waals surface area (Å²) < 4.78 is 37.6. The third-order valence-electron chi connectivity index (χ3n) is 3.21. The highest BCUT2D eigenvalue weighted by Gasteiger charge is 2.33. The molecule has 1 amide bonds. The Balaban J connectivity index is 2.18. The van der Waals surface area contributed by atoms with Gasteiger partial charge in [0.2, 0.25) is 0 Å². The maximum Gasteiger partial charge on any atom is 0.406 e. The van der Waals surface area contributed by atoms with Crippen LogP contribution >= 0.6 is 0 Å². The summed E-state index contributed by atoms with van der Waals surface area (Å²) in [5.41, 5.74) is 2.27. The molecule has 0 fully saturated rings. The number of alkyl halides is 3. The average molecular weight is 286 g/mol. The van der Waals surface area contributed by atoms with Crippen molar-refractivity contribution in [1.29, 1.82) is 0 Å². The molecule has 0 unspecified atom stereocenters. The number of carbonyl (C=O) groups is 1. The van der Waals surface area contributed by atoms with Gasteiger partial charge in [-0.2, -0.15) is 13.2 Å². The summed E-state index contributed by atoms with van der Waals surface area (Å²) in [6.45, 7) is 1.46. The van der Waals surface area contributed by atoms with Gasteiger partial charge in [0.1, 0.15) is 6.54 Å². The van der Waals surface area contributed by atoms with Gasteiger partial charge in [0, 0.05) is 24.3 Å². The number of hydrogen-bond donors (Lipinski definition) is 1. The summed E-state index contributed by atoms with van der Waals surface area (Å²) in [5.74, 6) is -0.557. The molecule has 20 heavy (non-hydrogen) atoms. The normalized spacial score (nSPS) is 13.8. The molecule has 0 atom stereocenters. The molecule has 0 aromatic heterocycles. The van der Waals surface area contributed by atoms with Crippen molar-refractivity contribution in [3.05, 3.63) is 29.3 Å². The molecule has 1 heterocycles. The molecule has 110 valence electrons. The zero-order valence-corrected chi connectivity index (χ0v) is 11.3. The highest BCUT2D eigenvalue weighted by atomic mass is 19.4. The molecule has 0 aliphatic carbocycles. The monoisotopic (exact) mass is 286 g/mol. The first-order valence-electron chi connectivity index (χ1n) is 6.63. The maximum absolute atomic E-state index is 12.5. The summed E-state index contributed by atoms with van der Waals surface area (Å²) in [5, 5.41) is 3.15. The van der Waals surface area contributed by atoms with E-state index in [1.165, 1.54) is 0 Å². The number of carbonyl (C=O) groups excluding carboxylic acids is 1. The van der Waals surface area contributed by atoms with Crippen molar-refractivity contribution < 1.29 is 18.0 Å². The second-order valence-corrected chi connectivity index (χ2v) is 4.89. The molecular weight excluding hydrogens is 269 g/mol. The minimum atomic E-state index is -4.37. The van der Waals surface area contributed by atoms with Crippen molar-refractivity contribution in [3.8, 4) is 0 Å². The summed E-state index contributed by atoms with van der Waals surface area (Å²) in [4.78, 5) is 13.1. The zero-order chi connectivity index (χ0) is 14.8. The Morgan fingerprint density at radius 2 is 2.15 bits per heavy atom. The molecule has 0 spiro atoms. The number of fused-ring (bicyclic) bond motifs is 1. The first-order chi connectivity index (χ1) is 9.40. The van der Waals surface area contributed by atoms with E-state index < -0.39 is 18.6 Å². The van der Waals surface area contributed by atoms with E-state index >= 15 is 0 Å². The Hall–Kier alpha value is -1.72. The van der Waals surface area contributed by atoms with Crippen molar-refractivity contribution in [1.82, 2.24) is 4.90 Å². The highest BCUT2D eigenvalue weighted by Crippen LogP contribution is 2.24. The molecule has 3 nitrogen and oxygen atoms in total. The van der Waals surface area contributed by atoms with Crippen LogP contribution in [0.1, 0.15) is 29.3 Å². The van der Waals surface area contributed by atoms with E-state index in [2.05, 4.69) is 5.32 Å². The summed E-state index contributed by atoms with van der Waals surface area (Å²) >= 11 is 0. The van der Waals surface area contributed by atoms with Gasteiger partial charge in [-0.25, -0.2) is 0 Å². The lowest BCUT2D eigenvalue weighted by Crippen LogP contribution is -2.39. The molecule has 1 N–H and O–H groups in total. The van der Waals surface area contributed by atoms with Crippen LogP contribution in [0.25, 0.3) is 0 Å². The number of halogens is 3. The molecule has 0 radical (unpaired) electrons. The van der Waals surface area contributed by atoms with E-state index in [4.69, 9.17) is 0 Å². The third-order valence-corrected chi connectivity index (χ3v) is 3.21. The number of anilines is 1. The van der Waals surface area contributed by atoms with Gasteiger partial charge in [0.25, 0.3) is 5.91 Å². The maximum atomic E-state index is 12.5. The molecule has 1 aliphatic rings. The SMILES string of the molecule is CCCN(CC(F)(F)F)C(=O)c1ccc2c(c1)CCN2. The van der Waals surface area contributed by atoms with Gasteiger partial charge >= 0.3 is 6.18 Å². The quantitative estimate of drug-likeness (QED) is 0.922. The van der Waals surface area contributed by atoms with E-state index in [0.29, 0.717) is 12.0 Å². The number of benzene rings is 1. The lowest BCUT2D eigenvalue weighted by atomic mass is 10.1.